The summed E-state index contributed by atoms with van der Waals surface area (Å²) < 4.78 is 21.1. The van der Waals surface area contributed by atoms with Crippen molar-refractivity contribution in [3.8, 4) is 6.07 Å². The normalized spacial score (nSPS) is 12.0. The zero-order valence-electron chi connectivity index (χ0n) is 13.6. The van der Waals surface area contributed by atoms with Crippen molar-refractivity contribution < 1.29 is 18.9 Å². The minimum Gasteiger partial charge on any atom is -0.356 e. The lowest BCUT2D eigenvalue weighted by atomic mass is 9.75. The molecule has 128 valence electrons. The van der Waals surface area contributed by atoms with Crippen molar-refractivity contribution in [2.24, 2.45) is 0 Å². The molecule has 1 aromatic carbocycles. The Bertz CT molecular complexity index is 525. The van der Waals surface area contributed by atoms with Gasteiger partial charge in [-0.3, -0.25) is 0 Å². The van der Waals surface area contributed by atoms with Crippen LogP contribution in [-0.2, 0) is 24.4 Å². The van der Waals surface area contributed by atoms with Gasteiger partial charge in [0, 0.05) is 41.3 Å². The van der Waals surface area contributed by atoms with Crippen LogP contribution in [0.5, 0.6) is 0 Å². The van der Waals surface area contributed by atoms with Gasteiger partial charge in [-0.05, 0) is 17.7 Å². The molecule has 0 aromatic heterocycles. The first-order valence-electron chi connectivity index (χ1n) is 6.94. The van der Waals surface area contributed by atoms with Gasteiger partial charge in [0.15, 0.2) is 12.6 Å². The molecule has 0 aliphatic rings. The molecule has 0 amide bonds. The van der Waals surface area contributed by atoms with Crippen LogP contribution in [0.2, 0.25) is 10.0 Å². The molecule has 0 aliphatic heterocycles. The number of halogens is 2. The number of ether oxygens (including phenoxy) is 4. The van der Waals surface area contributed by atoms with Crippen LogP contribution in [0.4, 0.5) is 0 Å². The molecule has 1 rings (SSSR count). The summed E-state index contributed by atoms with van der Waals surface area (Å²) in [5.74, 6) is 0. The van der Waals surface area contributed by atoms with Crippen LogP contribution < -0.4 is 0 Å². The predicted octanol–water partition coefficient (Wildman–Crippen LogP) is 3.77. The Labute approximate surface area is 147 Å². The lowest BCUT2D eigenvalue weighted by molar-refractivity contribution is -0.136. The van der Waals surface area contributed by atoms with Gasteiger partial charge in [0.25, 0.3) is 0 Å². The van der Waals surface area contributed by atoms with Crippen molar-refractivity contribution in [3.05, 3.63) is 33.8 Å². The molecule has 0 spiro atoms. The summed E-state index contributed by atoms with van der Waals surface area (Å²) in [6.45, 7) is 0. The molecule has 0 unspecified atom stereocenters. The van der Waals surface area contributed by atoms with Gasteiger partial charge in [-0.1, -0.05) is 29.3 Å². The Hall–Kier alpha value is -0.870. The first-order chi connectivity index (χ1) is 11.0. The first-order valence-corrected chi connectivity index (χ1v) is 7.69. The van der Waals surface area contributed by atoms with E-state index in [1.54, 1.807) is 18.2 Å². The van der Waals surface area contributed by atoms with Crippen LogP contribution in [-0.4, -0.2) is 41.0 Å². The van der Waals surface area contributed by atoms with E-state index in [0.717, 1.165) is 0 Å². The van der Waals surface area contributed by atoms with E-state index in [-0.39, 0.29) is 12.8 Å². The van der Waals surface area contributed by atoms with E-state index in [0.29, 0.717) is 15.6 Å². The lowest BCUT2D eigenvalue weighted by Gasteiger charge is -2.32. The second-order valence-electron chi connectivity index (χ2n) is 5.03. The van der Waals surface area contributed by atoms with Gasteiger partial charge in [0.2, 0.25) is 0 Å². The van der Waals surface area contributed by atoms with Crippen LogP contribution in [0.3, 0.4) is 0 Å². The van der Waals surface area contributed by atoms with E-state index in [2.05, 4.69) is 6.07 Å². The minimum absolute atomic E-state index is 0.289. The molecular formula is C16H21Cl2NO4. The quantitative estimate of drug-likeness (QED) is 0.626. The van der Waals surface area contributed by atoms with Crippen LogP contribution in [0, 0.1) is 11.3 Å². The molecule has 0 atom stereocenters. The fourth-order valence-corrected chi connectivity index (χ4v) is 2.66. The molecule has 5 nitrogen and oxygen atoms in total. The van der Waals surface area contributed by atoms with E-state index in [4.69, 9.17) is 42.1 Å². The number of hydrogen-bond acceptors (Lipinski definition) is 5. The zero-order valence-corrected chi connectivity index (χ0v) is 15.1. The van der Waals surface area contributed by atoms with Crippen LogP contribution in [0.15, 0.2) is 18.2 Å². The summed E-state index contributed by atoms with van der Waals surface area (Å²) >= 11 is 12.1. The van der Waals surface area contributed by atoms with E-state index >= 15 is 0 Å². The van der Waals surface area contributed by atoms with E-state index in [1.165, 1.54) is 28.4 Å². The summed E-state index contributed by atoms with van der Waals surface area (Å²) in [4.78, 5) is 0. The number of rotatable bonds is 9. The third-order valence-corrected chi connectivity index (χ3v) is 4.51. The van der Waals surface area contributed by atoms with Crippen molar-refractivity contribution in [3.63, 3.8) is 0 Å². The molecule has 7 heteroatoms. The Kier molecular flexibility index (Phi) is 8.27. The number of methoxy groups -OCH3 is 4. The SMILES string of the molecule is COC(CC(C#N)(CC(OC)OC)c1ccc(Cl)c(Cl)c1)OC. The molecule has 0 aliphatic carbocycles. The summed E-state index contributed by atoms with van der Waals surface area (Å²) in [5, 5.41) is 10.7. The van der Waals surface area contributed by atoms with Gasteiger partial charge in [-0.15, -0.1) is 0 Å². The number of nitrogens with zero attached hydrogens (tertiary/aromatic N) is 1. The second-order valence-corrected chi connectivity index (χ2v) is 5.85. The minimum atomic E-state index is -0.971. The van der Waals surface area contributed by atoms with Gasteiger partial charge in [-0.2, -0.15) is 5.26 Å². The molecule has 0 heterocycles. The number of hydrogen-bond donors (Lipinski definition) is 0. The Morgan fingerprint density at radius 3 is 1.78 bits per heavy atom. The predicted molar refractivity (Wildman–Crippen MR) is 88.6 cm³/mol. The monoisotopic (exact) mass is 361 g/mol. The van der Waals surface area contributed by atoms with Crippen LogP contribution in [0.25, 0.3) is 0 Å². The lowest BCUT2D eigenvalue weighted by Crippen LogP contribution is -2.36. The first kappa shape index (κ1) is 20.2. The second kappa shape index (κ2) is 9.43. The standard InChI is InChI=1S/C16H21Cl2NO4/c1-20-14(21-2)8-16(10-19,9-15(22-3)23-4)11-5-6-12(17)13(18)7-11/h5-7,14-15H,8-9H2,1-4H3. The molecule has 0 saturated heterocycles. The van der Waals surface area contributed by atoms with Gasteiger partial charge >= 0.3 is 0 Å². The maximum Gasteiger partial charge on any atom is 0.158 e. The topological polar surface area (TPSA) is 60.7 Å². The fraction of sp³-hybridized carbons (Fsp3) is 0.562. The van der Waals surface area contributed by atoms with Gasteiger partial charge < -0.3 is 18.9 Å². The van der Waals surface area contributed by atoms with Gasteiger partial charge in [0.05, 0.1) is 21.5 Å². The Morgan fingerprint density at radius 2 is 1.43 bits per heavy atom. The highest BCUT2D eigenvalue weighted by molar-refractivity contribution is 6.42. The molecule has 0 radical (unpaired) electrons. The highest BCUT2D eigenvalue weighted by Crippen LogP contribution is 2.38. The largest absolute Gasteiger partial charge is 0.356 e. The average molecular weight is 362 g/mol. The molecular weight excluding hydrogens is 341 g/mol. The Balaban J connectivity index is 3.31. The van der Waals surface area contributed by atoms with Crippen molar-refractivity contribution in [2.75, 3.05) is 28.4 Å². The highest BCUT2D eigenvalue weighted by atomic mass is 35.5. The van der Waals surface area contributed by atoms with Crippen molar-refractivity contribution >= 4 is 23.2 Å². The maximum absolute atomic E-state index is 9.92. The summed E-state index contributed by atoms with van der Waals surface area (Å²) in [6.07, 6.45) is -0.535. The number of nitriles is 1. The van der Waals surface area contributed by atoms with E-state index < -0.39 is 18.0 Å². The van der Waals surface area contributed by atoms with Crippen LogP contribution in [0.1, 0.15) is 18.4 Å². The van der Waals surface area contributed by atoms with Crippen molar-refractivity contribution in [1.82, 2.24) is 0 Å². The maximum atomic E-state index is 9.92. The smallest absolute Gasteiger partial charge is 0.158 e. The summed E-state index contributed by atoms with van der Waals surface area (Å²) in [6, 6.07) is 7.46. The molecule has 0 saturated carbocycles. The Morgan fingerprint density at radius 1 is 0.957 bits per heavy atom. The molecule has 1 aromatic rings. The third kappa shape index (κ3) is 5.05. The third-order valence-electron chi connectivity index (χ3n) is 3.77. The van der Waals surface area contributed by atoms with Crippen LogP contribution >= 0.6 is 23.2 Å². The van der Waals surface area contributed by atoms with E-state index in [1.807, 2.05) is 0 Å². The molecule has 0 bridgehead atoms. The molecule has 0 fully saturated rings. The van der Waals surface area contributed by atoms with Gasteiger partial charge in [-0.25, -0.2) is 0 Å². The van der Waals surface area contributed by atoms with Crippen molar-refractivity contribution in [2.45, 2.75) is 30.8 Å². The van der Waals surface area contributed by atoms with Gasteiger partial charge in [0.1, 0.15) is 0 Å². The summed E-state index contributed by atoms with van der Waals surface area (Å²) in [5.41, 5.74) is -0.269. The molecule has 0 N–H and O–H groups in total. The summed E-state index contributed by atoms with van der Waals surface area (Å²) in [7, 11) is 6.09. The number of benzene rings is 1. The van der Waals surface area contributed by atoms with Crippen molar-refractivity contribution in [1.29, 1.82) is 5.26 Å². The zero-order chi connectivity index (χ0) is 17.5. The average Bonchev–Trinajstić information content (AvgIpc) is 2.58. The van der Waals surface area contributed by atoms with E-state index in [9.17, 15) is 5.26 Å². The highest BCUT2D eigenvalue weighted by Gasteiger charge is 2.39. The molecule has 23 heavy (non-hydrogen) atoms. The fourth-order valence-electron chi connectivity index (χ4n) is 2.36.